The Morgan fingerprint density at radius 3 is 1.88 bits per heavy atom. The van der Waals surface area contributed by atoms with E-state index in [1.165, 1.54) is 0 Å². The molecule has 2 fully saturated rings. The van der Waals surface area contributed by atoms with E-state index in [-0.39, 0.29) is 17.4 Å². The molecule has 1 unspecified atom stereocenters. The predicted molar refractivity (Wildman–Crippen MR) is 129 cm³/mol. The average Bonchev–Trinajstić information content (AvgIpc) is 3.27. The van der Waals surface area contributed by atoms with E-state index in [2.05, 4.69) is 19.9 Å². The largest absolute Gasteiger partial charge is 0.490 e. The van der Waals surface area contributed by atoms with Gasteiger partial charge in [0, 0.05) is 45.3 Å². The van der Waals surface area contributed by atoms with Gasteiger partial charge >= 0.3 is 24.3 Å². The number of aliphatic carboxylic acids is 2. The Balaban J connectivity index is 0.000000349. The lowest BCUT2D eigenvalue weighted by molar-refractivity contribution is -0.193. The Morgan fingerprint density at radius 2 is 1.44 bits per heavy atom. The van der Waals surface area contributed by atoms with Gasteiger partial charge in [-0.25, -0.2) is 19.6 Å². The third kappa shape index (κ3) is 9.84. The summed E-state index contributed by atoms with van der Waals surface area (Å²) in [5.41, 5.74) is 0.708. The van der Waals surface area contributed by atoms with Crippen molar-refractivity contribution < 1.29 is 55.7 Å². The molecule has 0 saturated carbocycles. The third-order valence-electron chi connectivity index (χ3n) is 6.26. The SMILES string of the molecule is COCC1CC2(CCN(C(=O)c3ccccn3)CC2)CN1c1ncccn1.O=C(O)C(F)(F)F.O=C(O)C(F)(F)F. The fraction of sp³-hybridized carbons (Fsp3) is 0.500. The molecule has 2 aliphatic rings. The minimum atomic E-state index is -5.08. The first-order valence-corrected chi connectivity index (χ1v) is 11.9. The maximum Gasteiger partial charge on any atom is 0.490 e. The summed E-state index contributed by atoms with van der Waals surface area (Å²) in [6.45, 7) is 3.10. The van der Waals surface area contributed by atoms with E-state index in [1.807, 2.05) is 23.1 Å². The molecular weight excluding hydrogens is 568 g/mol. The number of hydrogen-bond donors (Lipinski definition) is 2. The highest BCUT2D eigenvalue weighted by Crippen LogP contribution is 2.44. The van der Waals surface area contributed by atoms with Gasteiger partial charge in [0.1, 0.15) is 5.69 Å². The summed E-state index contributed by atoms with van der Waals surface area (Å²) in [5, 5.41) is 14.2. The maximum atomic E-state index is 12.7. The highest BCUT2D eigenvalue weighted by atomic mass is 19.4. The maximum absolute atomic E-state index is 12.7. The van der Waals surface area contributed by atoms with Gasteiger partial charge in [-0.2, -0.15) is 26.3 Å². The van der Waals surface area contributed by atoms with Gasteiger partial charge in [-0.15, -0.1) is 0 Å². The molecular formula is C24H27F6N5O6. The van der Waals surface area contributed by atoms with Crippen LogP contribution in [0.1, 0.15) is 29.8 Å². The number of carboxylic acids is 2. The zero-order valence-corrected chi connectivity index (χ0v) is 21.6. The van der Waals surface area contributed by atoms with Crippen molar-refractivity contribution in [1.82, 2.24) is 19.9 Å². The lowest BCUT2D eigenvalue weighted by Crippen LogP contribution is -2.44. The first kappa shape index (κ1) is 33.2. The molecule has 17 heteroatoms. The smallest absolute Gasteiger partial charge is 0.475 e. The van der Waals surface area contributed by atoms with Crippen molar-refractivity contribution in [3.05, 3.63) is 48.5 Å². The minimum Gasteiger partial charge on any atom is -0.475 e. The van der Waals surface area contributed by atoms with Crippen LogP contribution in [0, 0.1) is 5.41 Å². The fourth-order valence-corrected chi connectivity index (χ4v) is 4.38. The van der Waals surface area contributed by atoms with Gasteiger partial charge in [-0.3, -0.25) is 9.78 Å². The number of hydrogen-bond acceptors (Lipinski definition) is 8. The number of carbonyl (C=O) groups is 3. The number of alkyl halides is 6. The van der Waals surface area contributed by atoms with Crippen LogP contribution < -0.4 is 4.90 Å². The van der Waals surface area contributed by atoms with Crippen LogP contribution in [0.4, 0.5) is 32.3 Å². The van der Waals surface area contributed by atoms with Gasteiger partial charge in [-0.05, 0) is 42.9 Å². The number of carboxylic acid groups (broad SMARTS) is 2. The Hall–Kier alpha value is -4.02. The van der Waals surface area contributed by atoms with E-state index in [0.29, 0.717) is 12.3 Å². The molecule has 0 radical (unpaired) electrons. The minimum absolute atomic E-state index is 0.0279. The second kappa shape index (κ2) is 14.0. The molecule has 2 saturated heterocycles. The van der Waals surface area contributed by atoms with Crippen LogP contribution >= 0.6 is 0 Å². The van der Waals surface area contributed by atoms with Gasteiger partial charge in [0.2, 0.25) is 5.95 Å². The van der Waals surface area contributed by atoms with Crippen LogP contribution in [0.5, 0.6) is 0 Å². The van der Waals surface area contributed by atoms with E-state index >= 15 is 0 Å². The van der Waals surface area contributed by atoms with Crippen molar-refractivity contribution in [3.63, 3.8) is 0 Å². The molecule has 1 spiro atoms. The molecule has 41 heavy (non-hydrogen) atoms. The van der Waals surface area contributed by atoms with E-state index < -0.39 is 24.3 Å². The number of methoxy groups -OCH3 is 1. The summed E-state index contributed by atoms with van der Waals surface area (Å²) < 4.78 is 68.9. The van der Waals surface area contributed by atoms with Crippen molar-refractivity contribution in [1.29, 1.82) is 0 Å². The van der Waals surface area contributed by atoms with Gasteiger partial charge in [-0.1, -0.05) is 6.07 Å². The molecule has 0 aliphatic carbocycles. The highest BCUT2D eigenvalue weighted by molar-refractivity contribution is 5.92. The summed E-state index contributed by atoms with van der Waals surface area (Å²) in [7, 11) is 1.74. The van der Waals surface area contributed by atoms with Crippen LogP contribution in [0.3, 0.4) is 0 Å². The Morgan fingerprint density at radius 1 is 0.927 bits per heavy atom. The van der Waals surface area contributed by atoms with E-state index in [1.54, 1.807) is 31.8 Å². The lowest BCUT2D eigenvalue weighted by atomic mass is 9.76. The molecule has 11 nitrogen and oxygen atoms in total. The van der Waals surface area contributed by atoms with Crippen molar-refractivity contribution in [2.75, 3.05) is 38.3 Å². The molecule has 0 aromatic carbocycles. The molecule has 2 aromatic rings. The first-order chi connectivity index (χ1) is 19.1. The summed E-state index contributed by atoms with van der Waals surface area (Å²) in [6, 6.07) is 7.58. The van der Waals surface area contributed by atoms with Crippen LogP contribution in [-0.4, -0.2) is 99.7 Å². The normalized spacial score (nSPS) is 18.1. The highest BCUT2D eigenvalue weighted by Gasteiger charge is 2.47. The zero-order chi connectivity index (χ0) is 30.8. The molecule has 2 N–H and O–H groups in total. The second-order valence-electron chi connectivity index (χ2n) is 9.10. The number of carbonyl (C=O) groups excluding carboxylic acids is 1. The molecule has 1 amide bonds. The van der Waals surface area contributed by atoms with Crippen molar-refractivity contribution in [2.45, 2.75) is 37.7 Å². The summed E-state index contributed by atoms with van der Waals surface area (Å²) in [4.78, 5) is 47.7. The second-order valence-corrected chi connectivity index (χ2v) is 9.10. The van der Waals surface area contributed by atoms with Gasteiger partial charge < -0.3 is 24.7 Å². The molecule has 0 bridgehead atoms. The van der Waals surface area contributed by atoms with E-state index in [9.17, 15) is 31.1 Å². The Labute approximate surface area is 229 Å². The number of halogens is 6. The standard InChI is InChI=1S/C20H25N5O2.2C2HF3O2/c1-27-14-16-13-20(15-25(16)19-22-9-4-10-23-19)6-11-24(12-7-20)18(26)17-5-2-3-8-21-17;2*3-2(4,5)1(6)7/h2-5,8-10,16H,6-7,11-15H2,1H3;2*(H,6,7). The van der Waals surface area contributed by atoms with E-state index in [0.717, 1.165) is 44.8 Å². The van der Waals surface area contributed by atoms with Gasteiger partial charge in [0.15, 0.2) is 0 Å². The number of rotatable bonds is 4. The summed E-state index contributed by atoms with van der Waals surface area (Å²) >= 11 is 0. The third-order valence-corrected chi connectivity index (χ3v) is 6.26. The van der Waals surface area contributed by atoms with Crippen LogP contribution in [-0.2, 0) is 14.3 Å². The molecule has 226 valence electrons. The number of pyridine rings is 1. The molecule has 4 rings (SSSR count). The van der Waals surface area contributed by atoms with Gasteiger partial charge in [0.05, 0.1) is 12.6 Å². The molecule has 1 atom stereocenters. The average molecular weight is 595 g/mol. The number of amides is 1. The summed E-state index contributed by atoms with van der Waals surface area (Å²) in [5.74, 6) is -4.72. The number of anilines is 1. The Bertz CT molecular complexity index is 1120. The molecule has 2 aliphatic heterocycles. The predicted octanol–water partition coefficient (Wildman–Crippen LogP) is 3.29. The lowest BCUT2D eigenvalue weighted by Gasteiger charge is -2.39. The van der Waals surface area contributed by atoms with Crippen LogP contribution in [0.2, 0.25) is 0 Å². The number of aromatic nitrogens is 3. The van der Waals surface area contributed by atoms with Crippen molar-refractivity contribution in [3.8, 4) is 0 Å². The summed E-state index contributed by atoms with van der Waals surface area (Å²) in [6.07, 6.45) is -1.92. The van der Waals surface area contributed by atoms with Gasteiger partial charge in [0.25, 0.3) is 5.91 Å². The Kier molecular flexibility index (Phi) is 11.4. The van der Waals surface area contributed by atoms with Crippen LogP contribution in [0.25, 0.3) is 0 Å². The monoisotopic (exact) mass is 595 g/mol. The fourth-order valence-electron chi connectivity index (χ4n) is 4.38. The van der Waals surface area contributed by atoms with E-state index in [4.69, 9.17) is 24.5 Å². The first-order valence-electron chi connectivity index (χ1n) is 11.9. The molecule has 4 heterocycles. The molecule has 2 aromatic heterocycles. The zero-order valence-electron chi connectivity index (χ0n) is 21.6. The number of nitrogens with zero attached hydrogens (tertiary/aromatic N) is 5. The van der Waals surface area contributed by atoms with Crippen molar-refractivity contribution in [2.24, 2.45) is 5.41 Å². The van der Waals surface area contributed by atoms with Crippen LogP contribution in [0.15, 0.2) is 42.9 Å². The van der Waals surface area contributed by atoms with Crippen molar-refractivity contribution >= 4 is 23.8 Å². The topological polar surface area (TPSA) is 146 Å². The number of piperidine rings is 1. The number of likely N-dealkylation sites (tertiary alicyclic amines) is 1. The quantitative estimate of drug-likeness (QED) is 0.505. The number of ether oxygens (including phenoxy) is 1.